The van der Waals surface area contributed by atoms with E-state index in [9.17, 15) is 0 Å². The third-order valence-electron chi connectivity index (χ3n) is 8.23. The highest BCUT2D eigenvalue weighted by molar-refractivity contribution is 5.73. The number of allylic oxidation sites excluding steroid dienone is 6. The molecule has 0 heterocycles. The first-order chi connectivity index (χ1) is 18.8. The molecule has 0 radical (unpaired) electrons. The number of aryl methyl sites for hydroxylation is 3. The smallest absolute Gasteiger partial charge is 0.00111 e. The van der Waals surface area contributed by atoms with E-state index in [1.807, 2.05) is 0 Å². The molecule has 0 saturated carbocycles. The summed E-state index contributed by atoms with van der Waals surface area (Å²) in [6.07, 6.45) is 14.1. The fourth-order valence-electron chi connectivity index (χ4n) is 5.67. The van der Waals surface area contributed by atoms with Crippen LogP contribution in [0.5, 0.6) is 0 Å². The molecule has 0 aromatic heterocycles. The molecule has 0 heteroatoms. The van der Waals surface area contributed by atoms with Gasteiger partial charge in [0.1, 0.15) is 0 Å². The van der Waals surface area contributed by atoms with E-state index in [0.717, 1.165) is 25.7 Å². The van der Waals surface area contributed by atoms with Crippen molar-refractivity contribution in [1.82, 2.24) is 0 Å². The van der Waals surface area contributed by atoms with Crippen LogP contribution in [0.25, 0.3) is 11.6 Å². The molecule has 0 nitrogen and oxygen atoms in total. The van der Waals surface area contributed by atoms with Crippen LogP contribution in [-0.4, -0.2) is 0 Å². The fraction of sp³-hybridized carbons (Fsp3) is 0.333. The Morgan fingerprint density at radius 2 is 1.46 bits per heavy atom. The van der Waals surface area contributed by atoms with Crippen molar-refractivity contribution in [2.45, 2.75) is 80.1 Å². The first-order valence-electron chi connectivity index (χ1n) is 14.8. The highest BCUT2D eigenvalue weighted by Gasteiger charge is 2.22. The second-order valence-electron chi connectivity index (χ2n) is 11.6. The lowest BCUT2D eigenvalue weighted by atomic mass is 9.83. The van der Waals surface area contributed by atoms with Gasteiger partial charge in [-0.3, -0.25) is 0 Å². The first-order valence-corrected chi connectivity index (χ1v) is 14.8. The van der Waals surface area contributed by atoms with Gasteiger partial charge in [-0.1, -0.05) is 122 Å². The SMILES string of the molecule is C=C(Cc1ccc2c(c1C)CC(C1=CCC(CCc3ccc(C)cc3)C(C)=C1)=C2)c1ccc(C)cc1.CCC. The Morgan fingerprint density at radius 3 is 2.10 bits per heavy atom. The molecule has 0 aliphatic heterocycles. The van der Waals surface area contributed by atoms with Crippen LogP contribution in [0.1, 0.15) is 84.5 Å². The lowest BCUT2D eigenvalue weighted by Gasteiger charge is -2.22. The van der Waals surface area contributed by atoms with Crippen molar-refractivity contribution in [3.8, 4) is 0 Å². The minimum Gasteiger partial charge on any atom is -0.0949 e. The van der Waals surface area contributed by atoms with Gasteiger partial charge < -0.3 is 0 Å². The third kappa shape index (κ3) is 7.18. The first kappa shape index (κ1) is 28.6. The third-order valence-corrected chi connectivity index (χ3v) is 8.23. The zero-order chi connectivity index (χ0) is 27.9. The Morgan fingerprint density at radius 1 is 0.821 bits per heavy atom. The maximum atomic E-state index is 4.40. The van der Waals surface area contributed by atoms with E-state index in [4.69, 9.17) is 0 Å². The molecule has 0 amide bonds. The Kier molecular flexibility index (Phi) is 9.63. The Labute approximate surface area is 237 Å². The highest BCUT2D eigenvalue weighted by Crippen LogP contribution is 2.38. The molecule has 202 valence electrons. The molecule has 2 aliphatic rings. The van der Waals surface area contributed by atoms with Crippen LogP contribution < -0.4 is 0 Å². The molecule has 3 aromatic rings. The molecular weight excluding hydrogens is 468 g/mol. The standard InChI is InChI=1S/C36H38.C3H8/c1-24-6-10-29(11-7-24)12-15-31-16-18-33(21-27(31)4)35-22-34-19-17-32(28(5)36(34)23-35)20-26(3)30-13-8-25(2)9-14-30;1-3-2/h6-11,13-14,17-19,21-22,31H,3,12,15-16,20,23H2,1-2,4-5H3;3H2,1-2H3. The number of benzene rings is 3. The molecule has 0 N–H and O–H groups in total. The average molecular weight is 515 g/mol. The second kappa shape index (κ2) is 13.1. The predicted octanol–water partition coefficient (Wildman–Crippen LogP) is 10.7. The van der Waals surface area contributed by atoms with Crippen molar-refractivity contribution in [3.63, 3.8) is 0 Å². The van der Waals surface area contributed by atoms with Gasteiger partial charge >= 0.3 is 0 Å². The molecule has 1 atom stereocenters. The van der Waals surface area contributed by atoms with Gasteiger partial charge in [0.2, 0.25) is 0 Å². The number of rotatable bonds is 7. The van der Waals surface area contributed by atoms with Crippen LogP contribution >= 0.6 is 0 Å². The van der Waals surface area contributed by atoms with Crippen molar-refractivity contribution >= 4 is 11.6 Å². The van der Waals surface area contributed by atoms with E-state index in [1.165, 1.54) is 79.6 Å². The van der Waals surface area contributed by atoms with Crippen LogP contribution in [-0.2, 0) is 19.3 Å². The van der Waals surface area contributed by atoms with E-state index in [0.29, 0.717) is 5.92 Å². The van der Waals surface area contributed by atoms with Crippen LogP contribution in [0.3, 0.4) is 0 Å². The topological polar surface area (TPSA) is 0 Å². The van der Waals surface area contributed by atoms with Gasteiger partial charge in [-0.25, -0.2) is 0 Å². The summed E-state index contributed by atoms with van der Waals surface area (Å²) in [5.74, 6) is 0.653. The molecule has 3 aromatic carbocycles. The molecule has 0 spiro atoms. The largest absolute Gasteiger partial charge is 0.0949 e. The van der Waals surface area contributed by atoms with Gasteiger partial charge in [0.25, 0.3) is 0 Å². The van der Waals surface area contributed by atoms with Crippen LogP contribution in [0, 0.1) is 26.7 Å². The van der Waals surface area contributed by atoms with E-state index in [2.05, 4.69) is 127 Å². The zero-order valence-corrected chi connectivity index (χ0v) is 25.0. The summed E-state index contributed by atoms with van der Waals surface area (Å²) < 4.78 is 0. The predicted molar refractivity (Wildman–Crippen MR) is 172 cm³/mol. The molecule has 39 heavy (non-hydrogen) atoms. The van der Waals surface area contributed by atoms with Gasteiger partial charge in [0.15, 0.2) is 0 Å². The van der Waals surface area contributed by atoms with Crippen LogP contribution in [0.15, 0.2) is 96.1 Å². The van der Waals surface area contributed by atoms with E-state index in [-0.39, 0.29) is 0 Å². The number of hydrogen-bond acceptors (Lipinski definition) is 0. The minimum absolute atomic E-state index is 0.653. The zero-order valence-electron chi connectivity index (χ0n) is 25.0. The van der Waals surface area contributed by atoms with E-state index in [1.54, 1.807) is 0 Å². The van der Waals surface area contributed by atoms with Gasteiger partial charge in [-0.15, -0.1) is 0 Å². The fourth-order valence-corrected chi connectivity index (χ4v) is 5.67. The maximum absolute atomic E-state index is 4.40. The molecule has 0 fully saturated rings. The van der Waals surface area contributed by atoms with Gasteiger partial charge in [0.05, 0.1) is 0 Å². The molecule has 1 unspecified atom stereocenters. The molecule has 0 bridgehead atoms. The maximum Gasteiger partial charge on any atom is -0.00111 e. The lowest BCUT2D eigenvalue weighted by Crippen LogP contribution is -2.08. The summed E-state index contributed by atoms with van der Waals surface area (Å²) in [4.78, 5) is 0. The number of hydrogen-bond donors (Lipinski definition) is 0. The molecule has 5 rings (SSSR count). The summed E-state index contributed by atoms with van der Waals surface area (Å²) >= 11 is 0. The monoisotopic (exact) mass is 514 g/mol. The quantitative estimate of drug-likeness (QED) is 0.294. The van der Waals surface area contributed by atoms with E-state index < -0.39 is 0 Å². The molecule has 0 saturated heterocycles. The van der Waals surface area contributed by atoms with Gasteiger partial charge in [-0.05, 0) is 116 Å². The van der Waals surface area contributed by atoms with Crippen molar-refractivity contribution in [1.29, 1.82) is 0 Å². The van der Waals surface area contributed by atoms with Gasteiger partial charge in [-0.2, -0.15) is 0 Å². The van der Waals surface area contributed by atoms with Gasteiger partial charge in [0, 0.05) is 0 Å². The van der Waals surface area contributed by atoms with E-state index >= 15 is 0 Å². The van der Waals surface area contributed by atoms with Crippen molar-refractivity contribution in [2.24, 2.45) is 5.92 Å². The number of fused-ring (bicyclic) bond motifs is 1. The summed E-state index contributed by atoms with van der Waals surface area (Å²) in [5, 5.41) is 0. The Bertz CT molecular complexity index is 1390. The summed E-state index contributed by atoms with van der Waals surface area (Å²) in [7, 11) is 0. The molecule has 2 aliphatic carbocycles. The van der Waals surface area contributed by atoms with Crippen molar-refractivity contribution in [3.05, 3.63) is 141 Å². The van der Waals surface area contributed by atoms with Crippen molar-refractivity contribution in [2.75, 3.05) is 0 Å². The van der Waals surface area contributed by atoms with Crippen LogP contribution in [0.4, 0.5) is 0 Å². The normalized spacial score (nSPS) is 15.9. The summed E-state index contributed by atoms with van der Waals surface area (Å²) in [6.45, 7) is 17.6. The van der Waals surface area contributed by atoms with Crippen molar-refractivity contribution < 1.29 is 0 Å². The summed E-state index contributed by atoms with van der Waals surface area (Å²) in [5.41, 5.74) is 16.7. The highest BCUT2D eigenvalue weighted by atomic mass is 14.3. The minimum atomic E-state index is 0.653. The molecular formula is C39H46. The Hall–Kier alpha value is -3.38. The summed E-state index contributed by atoms with van der Waals surface area (Å²) in [6, 6.07) is 22.4. The second-order valence-corrected chi connectivity index (χ2v) is 11.6. The Balaban J connectivity index is 0.00000112. The average Bonchev–Trinajstić information content (AvgIpc) is 3.37. The lowest BCUT2D eigenvalue weighted by molar-refractivity contribution is 0.559. The van der Waals surface area contributed by atoms with Crippen LogP contribution in [0.2, 0.25) is 0 Å².